The SMILES string of the molecule is COCCOc1cnccc1-c1[nH]c2c(c1Nc1cccc(F)c1)C(=O)CC(C)C2. The molecular formula is C23H24FN3O3. The van der Waals surface area contributed by atoms with Gasteiger partial charge in [-0.05, 0) is 36.6 Å². The van der Waals surface area contributed by atoms with E-state index < -0.39 is 0 Å². The summed E-state index contributed by atoms with van der Waals surface area (Å²) >= 11 is 0. The Balaban J connectivity index is 1.82. The van der Waals surface area contributed by atoms with E-state index in [2.05, 4.69) is 22.2 Å². The molecule has 1 atom stereocenters. The number of fused-ring (bicyclic) bond motifs is 1. The van der Waals surface area contributed by atoms with Crippen LogP contribution in [-0.4, -0.2) is 36.1 Å². The molecule has 6 nitrogen and oxygen atoms in total. The molecule has 3 aromatic rings. The Morgan fingerprint density at radius 3 is 2.93 bits per heavy atom. The molecule has 0 aliphatic heterocycles. The van der Waals surface area contributed by atoms with Crippen molar-refractivity contribution in [2.24, 2.45) is 5.92 Å². The Morgan fingerprint density at radius 2 is 2.13 bits per heavy atom. The minimum absolute atomic E-state index is 0.0704. The predicted molar refractivity (Wildman–Crippen MR) is 113 cm³/mol. The number of carbonyl (C=O) groups excluding carboxylic acids is 1. The molecule has 0 fully saturated rings. The molecule has 2 heterocycles. The highest BCUT2D eigenvalue weighted by atomic mass is 19.1. The Bertz CT molecular complexity index is 1060. The van der Waals surface area contributed by atoms with Crippen molar-refractivity contribution < 1.29 is 18.7 Å². The summed E-state index contributed by atoms with van der Waals surface area (Å²) < 4.78 is 24.7. The summed E-state index contributed by atoms with van der Waals surface area (Å²) in [4.78, 5) is 20.5. The Morgan fingerprint density at radius 1 is 1.27 bits per heavy atom. The molecule has 2 aromatic heterocycles. The van der Waals surface area contributed by atoms with Crippen molar-refractivity contribution in [1.29, 1.82) is 0 Å². The third-order valence-electron chi connectivity index (χ3n) is 5.14. The number of carbonyl (C=O) groups is 1. The van der Waals surface area contributed by atoms with Gasteiger partial charge in [0.2, 0.25) is 0 Å². The first-order valence-electron chi connectivity index (χ1n) is 9.93. The maximum atomic E-state index is 13.8. The summed E-state index contributed by atoms with van der Waals surface area (Å²) in [6, 6.07) is 8.03. The predicted octanol–water partition coefficient (Wildman–Crippen LogP) is 4.75. The zero-order valence-electron chi connectivity index (χ0n) is 17.0. The van der Waals surface area contributed by atoms with E-state index in [-0.39, 0.29) is 17.5 Å². The van der Waals surface area contributed by atoms with Crippen LogP contribution in [0.15, 0.2) is 42.7 Å². The number of H-pyrrole nitrogens is 1. The van der Waals surface area contributed by atoms with Gasteiger partial charge in [-0.2, -0.15) is 0 Å². The molecule has 1 unspecified atom stereocenters. The maximum absolute atomic E-state index is 13.8. The van der Waals surface area contributed by atoms with E-state index in [1.165, 1.54) is 12.1 Å². The van der Waals surface area contributed by atoms with Crippen molar-refractivity contribution >= 4 is 17.2 Å². The van der Waals surface area contributed by atoms with Crippen molar-refractivity contribution in [2.45, 2.75) is 19.8 Å². The van der Waals surface area contributed by atoms with Gasteiger partial charge < -0.3 is 19.8 Å². The fraction of sp³-hybridized carbons (Fsp3) is 0.304. The lowest BCUT2D eigenvalue weighted by Gasteiger charge is -2.18. The first-order chi connectivity index (χ1) is 14.6. The highest BCUT2D eigenvalue weighted by Gasteiger charge is 2.30. The largest absolute Gasteiger partial charge is 0.489 e. The quantitative estimate of drug-likeness (QED) is 0.551. The number of rotatable bonds is 7. The van der Waals surface area contributed by atoms with Gasteiger partial charge in [0.15, 0.2) is 5.78 Å². The number of nitrogens with zero attached hydrogens (tertiary/aromatic N) is 1. The van der Waals surface area contributed by atoms with Gasteiger partial charge in [0.1, 0.15) is 18.2 Å². The minimum atomic E-state index is -0.349. The van der Waals surface area contributed by atoms with Crippen LogP contribution >= 0.6 is 0 Å². The lowest BCUT2D eigenvalue weighted by atomic mass is 9.87. The maximum Gasteiger partial charge on any atom is 0.167 e. The number of ether oxygens (including phenoxy) is 2. The molecule has 2 N–H and O–H groups in total. The second kappa shape index (κ2) is 8.67. The number of aromatic nitrogens is 2. The number of Topliss-reactive ketones (excluding diaryl/α,β-unsaturated/α-hetero) is 1. The van der Waals surface area contributed by atoms with Crippen LogP contribution in [0.4, 0.5) is 15.8 Å². The molecule has 0 bridgehead atoms. The normalized spacial score (nSPS) is 15.7. The molecule has 0 radical (unpaired) electrons. The van der Waals surface area contributed by atoms with E-state index in [9.17, 15) is 9.18 Å². The molecule has 0 spiro atoms. The van der Waals surface area contributed by atoms with Gasteiger partial charge in [-0.25, -0.2) is 4.39 Å². The number of anilines is 2. The fourth-order valence-corrected chi connectivity index (χ4v) is 3.83. The average molecular weight is 409 g/mol. The number of benzene rings is 1. The number of halogens is 1. The van der Waals surface area contributed by atoms with Crippen LogP contribution in [0.2, 0.25) is 0 Å². The first-order valence-corrected chi connectivity index (χ1v) is 9.93. The van der Waals surface area contributed by atoms with E-state index in [0.29, 0.717) is 42.3 Å². The van der Waals surface area contributed by atoms with Gasteiger partial charge in [-0.1, -0.05) is 13.0 Å². The Labute approximate surface area is 174 Å². The number of hydrogen-bond acceptors (Lipinski definition) is 5. The van der Waals surface area contributed by atoms with Crippen LogP contribution in [0, 0.1) is 11.7 Å². The summed E-state index contributed by atoms with van der Waals surface area (Å²) in [6.07, 6.45) is 4.56. The number of hydrogen-bond donors (Lipinski definition) is 2. The van der Waals surface area contributed by atoms with Crippen molar-refractivity contribution in [2.75, 3.05) is 25.6 Å². The van der Waals surface area contributed by atoms with Crippen LogP contribution in [0.5, 0.6) is 5.75 Å². The summed E-state index contributed by atoms with van der Waals surface area (Å²) in [5.74, 6) is 0.559. The zero-order valence-corrected chi connectivity index (χ0v) is 17.0. The molecule has 1 aliphatic rings. The number of nitrogens with one attached hydrogen (secondary N) is 2. The van der Waals surface area contributed by atoms with Crippen molar-refractivity contribution in [3.8, 4) is 17.0 Å². The van der Waals surface area contributed by atoms with Crippen molar-refractivity contribution in [1.82, 2.24) is 9.97 Å². The molecule has 0 saturated carbocycles. The van der Waals surface area contributed by atoms with Crippen LogP contribution in [0.3, 0.4) is 0 Å². The number of methoxy groups -OCH3 is 1. The minimum Gasteiger partial charge on any atom is -0.489 e. The van der Waals surface area contributed by atoms with Crippen molar-refractivity contribution in [3.63, 3.8) is 0 Å². The third-order valence-corrected chi connectivity index (χ3v) is 5.14. The Hall–Kier alpha value is -3.19. The van der Waals surface area contributed by atoms with Crippen LogP contribution in [0.1, 0.15) is 29.4 Å². The fourth-order valence-electron chi connectivity index (χ4n) is 3.83. The van der Waals surface area contributed by atoms with E-state index in [0.717, 1.165) is 23.4 Å². The van der Waals surface area contributed by atoms with Gasteiger partial charge in [0, 0.05) is 36.7 Å². The van der Waals surface area contributed by atoms with Crippen LogP contribution in [0.25, 0.3) is 11.3 Å². The number of ketones is 1. The Kier molecular flexibility index (Phi) is 5.81. The second-order valence-corrected chi connectivity index (χ2v) is 7.51. The molecule has 156 valence electrons. The van der Waals surface area contributed by atoms with E-state index in [1.807, 2.05) is 6.07 Å². The van der Waals surface area contributed by atoms with E-state index in [4.69, 9.17) is 9.47 Å². The molecule has 1 aliphatic carbocycles. The van der Waals surface area contributed by atoms with Gasteiger partial charge in [0.25, 0.3) is 0 Å². The van der Waals surface area contributed by atoms with Gasteiger partial charge in [-0.15, -0.1) is 0 Å². The highest BCUT2D eigenvalue weighted by Crippen LogP contribution is 2.42. The summed E-state index contributed by atoms with van der Waals surface area (Å²) in [7, 11) is 1.61. The molecular weight excluding hydrogens is 385 g/mol. The number of pyridine rings is 1. The first kappa shape index (κ1) is 20.1. The lowest BCUT2D eigenvalue weighted by Crippen LogP contribution is -2.17. The standard InChI is InChI=1S/C23H24FN3O3/c1-14-10-18-21(19(28)11-14)23(26-16-5-3-4-15(24)12-16)22(27-18)17-6-7-25-13-20(17)30-9-8-29-2/h3-7,12-14,26-27H,8-11H2,1-2H3. The second-order valence-electron chi connectivity index (χ2n) is 7.51. The molecule has 0 amide bonds. The molecule has 1 aromatic carbocycles. The average Bonchev–Trinajstić information content (AvgIpc) is 3.06. The van der Waals surface area contributed by atoms with Gasteiger partial charge >= 0.3 is 0 Å². The molecule has 30 heavy (non-hydrogen) atoms. The summed E-state index contributed by atoms with van der Waals surface area (Å²) in [5, 5.41) is 3.27. The summed E-state index contributed by atoms with van der Waals surface area (Å²) in [5.41, 5.74) is 4.21. The molecule has 7 heteroatoms. The van der Waals surface area contributed by atoms with Gasteiger partial charge in [0.05, 0.1) is 29.7 Å². The van der Waals surface area contributed by atoms with Crippen LogP contribution in [-0.2, 0) is 11.2 Å². The van der Waals surface area contributed by atoms with Crippen LogP contribution < -0.4 is 10.1 Å². The number of aromatic amines is 1. The van der Waals surface area contributed by atoms with E-state index >= 15 is 0 Å². The molecule has 0 saturated heterocycles. The van der Waals surface area contributed by atoms with Gasteiger partial charge in [-0.3, -0.25) is 9.78 Å². The highest BCUT2D eigenvalue weighted by molar-refractivity contribution is 6.07. The van der Waals surface area contributed by atoms with Crippen molar-refractivity contribution in [3.05, 3.63) is 59.8 Å². The lowest BCUT2D eigenvalue weighted by molar-refractivity contribution is 0.0954. The summed E-state index contributed by atoms with van der Waals surface area (Å²) in [6.45, 7) is 2.88. The zero-order chi connectivity index (χ0) is 21.1. The third kappa shape index (κ3) is 4.07. The molecule has 4 rings (SSSR count). The topological polar surface area (TPSA) is 76.2 Å². The smallest absolute Gasteiger partial charge is 0.167 e. The monoisotopic (exact) mass is 409 g/mol. The van der Waals surface area contributed by atoms with E-state index in [1.54, 1.807) is 31.6 Å².